The number of anilines is 1. The lowest BCUT2D eigenvalue weighted by Crippen LogP contribution is -2.15. The zero-order valence-corrected chi connectivity index (χ0v) is 12.7. The van der Waals surface area contributed by atoms with E-state index in [2.05, 4.69) is 15.0 Å². The summed E-state index contributed by atoms with van der Waals surface area (Å²) in [6, 6.07) is 5.36. The molecule has 0 fully saturated rings. The maximum Gasteiger partial charge on any atom is 0.337 e. The van der Waals surface area contributed by atoms with Crippen LogP contribution in [0.25, 0.3) is 0 Å². The van der Waals surface area contributed by atoms with Crippen LogP contribution in [0, 0.1) is 5.82 Å². The van der Waals surface area contributed by atoms with Crippen LogP contribution in [0.2, 0.25) is 10.2 Å². The lowest BCUT2D eigenvalue weighted by Gasteiger charge is -2.09. The van der Waals surface area contributed by atoms with Gasteiger partial charge in [0.25, 0.3) is 5.91 Å². The Balaban J connectivity index is 2.32. The Hall–Kier alpha value is -2.18. The number of amides is 1. The molecule has 2 aromatic rings. The smallest absolute Gasteiger partial charge is 0.337 e. The van der Waals surface area contributed by atoms with Crippen molar-refractivity contribution in [3.63, 3.8) is 0 Å². The molecule has 1 N–H and O–H groups in total. The summed E-state index contributed by atoms with van der Waals surface area (Å²) in [4.78, 5) is 27.1. The Bertz CT molecular complexity index is 753. The van der Waals surface area contributed by atoms with Gasteiger partial charge in [-0.15, -0.1) is 0 Å². The van der Waals surface area contributed by atoms with Crippen LogP contribution in [-0.4, -0.2) is 24.0 Å². The van der Waals surface area contributed by atoms with E-state index in [4.69, 9.17) is 23.2 Å². The summed E-state index contributed by atoms with van der Waals surface area (Å²) in [5.74, 6) is -2.31. The Morgan fingerprint density at radius 1 is 1.27 bits per heavy atom. The maximum atomic E-state index is 13.8. The number of esters is 1. The minimum Gasteiger partial charge on any atom is -0.465 e. The summed E-state index contributed by atoms with van der Waals surface area (Å²) in [6.45, 7) is 0. The number of nitrogens with zero attached hydrogens (tertiary/aromatic N) is 1. The molecule has 0 saturated heterocycles. The van der Waals surface area contributed by atoms with E-state index in [0.717, 1.165) is 0 Å². The number of hydrogen-bond acceptors (Lipinski definition) is 4. The van der Waals surface area contributed by atoms with E-state index in [1.807, 2.05) is 0 Å². The average molecular weight is 343 g/mol. The van der Waals surface area contributed by atoms with Crippen LogP contribution in [0.4, 0.5) is 10.1 Å². The number of nitrogens with one attached hydrogen (secondary N) is 1. The highest BCUT2D eigenvalue weighted by Crippen LogP contribution is 2.25. The number of ether oxygens (including phenoxy) is 1. The summed E-state index contributed by atoms with van der Waals surface area (Å²) in [5, 5.41) is 2.18. The van der Waals surface area contributed by atoms with Crippen molar-refractivity contribution in [2.24, 2.45) is 0 Å². The van der Waals surface area contributed by atoms with Gasteiger partial charge in [0.15, 0.2) is 11.0 Å². The Kier molecular flexibility index (Phi) is 4.95. The number of aromatic nitrogens is 1. The highest BCUT2D eigenvalue weighted by Gasteiger charge is 2.17. The Morgan fingerprint density at radius 3 is 2.68 bits per heavy atom. The summed E-state index contributed by atoms with van der Waals surface area (Å²) in [6.07, 6.45) is 1.20. The van der Waals surface area contributed by atoms with Gasteiger partial charge in [-0.1, -0.05) is 23.2 Å². The standard InChI is InChI=1S/C14H9Cl2FN2O3/c1-22-14(21)7-2-3-9(15)10(6-7)19-13(20)8-4-5-18-12(16)11(8)17/h2-6H,1H3,(H,19,20). The molecule has 1 aromatic heterocycles. The highest BCUT2D eigenvalue weighted by atomic mass is 35.5. The molecule has 0 aliphatic carbocycles. The molecule has 0 unspecified atom stereocenters. The van der Waals surface area contributed by atoms with Crippen LogP contribution < -0.4 is 5.32 Å². The first-order chi connectivity index (χ1) is 10.4. The van der Waals surface area contributed by atoms with Gasteiger partial charge < -0.3 is 10.1 Å². The predicted octanol–water partition coefficient (Wildman–Crippen LogP) is 3.57. The third kappa shape index (κ3) is 3.35. The average Bonchev–Trinajstić information content (AvgIpc) is 2.51. The van der Waals surface area contributed by atoms with Crippen molar-refractivity contribution in [1.82, 2.24) is 4.98 Å². The van der Waals surface area contributed by atoms with E-state index in [9.17, 15) is 14.0 Å². The molecule has 1 aromatic carbocycles. The first-order valence-corrected chi connectivity index (χ1v) is 6.69. The van der Waals surface area contributed by atoms with Crippen molar-refractivity contribution in [3.05, 3.63) is 57.6 Å². The monoisotopic (exact) mass is 342 g/mol. The Labute approximate surface area is 135 Å². The Morgan fingerprint density at radius 2 is 2.00 bits per heavy atom. The number of halogens is 3. The predicted molar refractivity (Wildman–Crippen MR) is 79.9 cm³/mol. The first-order valence-electron chi connectivity index (χ1n) is 5.93. The van der Waals surface area contributed by atoms with Gasteiger partial charge in [0.05, 0.1) is 28.9 Å². The number of carbonyl (C=O) groups excluding carboxylic acids is 2. The van der Waals surface area contributed by atoms with Gasteiger partial charge in [-0.05, 0) is 24.3 Å². The SMILES string of the molecule is COC(=O)c1ccc(Cl)c(NC(=O)c2ccnc(Cl)c2F)c1. The van der Waals surface area contributed by atoms with Crippen LogP contribution >= 0.6 is 23.2 Å². The molecule has 0 atom stereocenters. The fourth-order valence-electron chi connectivity index (χ4n) is 1.65. The van der Waals surface area contributed by atoms with E-state index < -0.39 is 22.8 Å². The number of pyridine rings is 1. The van der Waals surface area contributed by atoms with E-state index in [1.54, 1.807) is 0 Å². The summed E-state index contributed by atoms with van der Waals surface area (Å²) in [5.41, 5.74) is 0.0388. The molecule has 0 saturated carbocycles. The third-order valence-electron chi connectivity index (χ3n) is 2.73. The molecule has 0 aliphatic heterocycles. The van der Waals surface area contributed by atoms with Crippen molar-refractivity contribution < 1.29 is 18.7 Å². The molecule has 22 heavy (non-hydrogen) atoms. The normalized spacial score (nSPS) is 10.2. The second kappa shape index (κ2) is 6.72. The largest absolute Gasteiger partial charge is 0.465 e. The molecule has 0 radical (unpaired) electrons. The number of rotatable bonds is 3. The van der Waals surface area contributed by atoms with Crippen molar-refractivity contribution >= 4 is 40.8 Å². The molecule has 5 nitrogen and oxygen atoms in total. The quantitative estimate of drug-likeness (QED) is 0.683. The van der Waals surface area contributed by atoms with Crippen molar-refractivity contribution in [3.8, 4) is 0 Å². The zero-order chi connectivity index (χ0) is 16.3. The van der Waals surface area contributed by atoms with Crippen LogP contribution in [0.15, 0.2) is 30.5 Å². The van der Waals surface area contributed by atoms with Crippen LogP contribution in [-0.2, 0) is 4.74 Å². The minimum atomic E-state index is -0.943. The molecule has 0 spiro atoms. The molecule has 0 bridgehead atoms. The molecule has 114 valence electrons. The number of carbonyl (C=O) groups is 2. The van der Waals surface area contributed by atoms with E-state index in [-0.39, 0.29) is 21.8 Å². The number of benzene rings is 1. The number of hydrogen-bond donors (Lipinski definition) is 1. The van der Waals surface area contributed by atoms with Gasteiger partial charge in [-0.3, -0.25) is 4.79 Å². The van der Waals surface area contributed by atoms with Gasteiger partial charge in [-0.2, -0.15) is 0 Å². The van der Waals surface area contributed by atoms with Crippen molar-refractivity contribution in [2.75, 3.05) is 12.4 Å². The third-order valence-corrected chi connectivity index (χ3v) is 3.32. The summed E-state index contributed by atoms with van der Waals surface area (Å²) >= 11 is 11.5. The molecular formula is C14H9Cl2FN2O3. The van der Waals surface area contributed by atoms with Gasteiger partial charge in [0.1, 0.15) is 0 Å². The lowest BCUT2D eigenvalue weighted by molar-refractivity contribution is 0.0600. The molecule has 1 amide bonds. The second-order valence-electron chi connectivity index (χ2n) is 4.10. The van der Waals surface area contributed by atoms with E-state index in [1.165, 1.54) is 37.6 Å². The minimum absolute atomic E-state index is 0.141. The van der Waals surface area contributed by atoms with Gasteiger partial charge in [-0.25, -0.2) is 14.2 Å². The van der Waals surface area contributed by atoms with Crippen LogP contribution in [0.3, 0.4) is 0 Å². The first kappa shape index (κ1) is 16.2. The summed E-state index contributed by atoms with van der Waals surface area (Å²) < 4.78 is 18.3. The van der Waals surface area contributed by atoms with Gasteiger partial charge in [0, 0.05) is 6.20 Å². The molecule has 2 rings (SSSR count). The molecule has 8 heteroatoms. The molecular weight excluding hydrogens is 334 g/mol. The van der Waals surface area contributed by atoms with Gasteiger partial charge in [0.2, 0.25) is 0 Å². The van der Waals surface area contributed by atoms with Gasteiger partial charge >= 0.3 is 5.97 Å². The highest BCUT2D eigenvalue weighted by molar-refractivity contribution is 6.34. The van der Waals surface area contributed by atoms with Crippen molar-refractivity contribution in [2.45, 2.75) is 0 Å². The second-order valence-corrected chi connectivity index (χ2v) is 4.87. The fraction of sp³-hybridized carbons (Fsp3) is 0.0714. The molecule has 0 aliphatic rings. The number of methoxy groups -OCH3 is 1. The zero-order valence-electron chi connectivity index (χ0n) is 11.2. The topological polar surface area (TPSA) is 68.3 Å². The van der Waals surface area contributed by atoms with E-state index >= 15 is 0 Å². The summed E-state index contributed by atoms with van der Waals surface area (Å²) in [7, 11) is 1.23. The lowest BCUT2D eigenvalue weighted by atomic mass is 10.2. The van der Waals surface area contributed by atoms with Crippen LogP contribution in [0.5, 0.6) is 0 Å². The molecule has 1 heterocycles. The van der Waals surface area contributed by atoms with Crippen LogP contribution in [0.1, 0.15) is 20.7 Å². The van der Waals surface area contributed by atoms with Crippen molar-refractivity contribution in [1.29, 1.82) is 0 Å². The van der Waals surface area contributed by atoms with E-state index in [0.29, 0.717) is 0 Å². The fourth-order valence-corrected chi connectivity index (χ4v) is 1.97. The maximum absolute atomic E-state index is 13.8.